The van der Waals surface area contributed by atoms with Gasteiger partial charge in [0.25, 0.3) is 0 Å². The Balaban J connectivity index is 0.000000354. The predicted molar refractivity (Wildman–Crippen MR) is 113 cm³/mol. The van der Waals surface area contributed by atoms with Crippen molar-refractivity contribution in [2.45, 2.75) is 20.0 Å². The van der Waals surface area contributed by atoms with Gasteiger partial charge in [-0.25, -0.2) is 9.97 Å². The summed E-state index contributed by atoms with van der Waals surface area (Å²) >= 11 is 0. The van der Waals surface area contributed by atoms with Crippen LogP contribution >= 0.6 is 0 Å². The van der Waals surface area contributed by atoms with Crippen molar-refractivity contribution >= 4 is 22.9 Å². The van der Waals surface area contributed by atoms with Gasteiger partial charge in [0.05, 0.1) is 30.5 Å². The minimum Gasteiger partial charge on any atom is -0.378 e. The maximum absolute atomic E-state index is 12.9. The van der Waals surface area contributed by atoms with E-state index < -0.39 is 12.1 Å². The van der Waals surface area contributed by atoms with E-state index in [1.807, 2.05) is 38.1 Å². The third-order valence-corrected chi connectivity index (χ3v) is 5.49. The molecule has 2 saturated heterocycles. The second kappa shape index (κ2) is 8.85. The Bertz CT molecular complexity index is 1060. The Morgan fingerprint density at radius 1 is 0.969 bits per heavy atom. The van der Waals surface area contributed by atoms with Gasteiger partial charge in [-0.3, -0.25) is 4.68 Å². The van der Waals surface area contributed by atoms with E-state index in [1.165, 1.54) is 0 Å². The number of hydrogen-bond acceptors (Lipinski definition) is 8. The van der Waals surface area contributed by atoms with E-state index >= 15 is 0 Å². The van der Waals surface area contributed by atoms with Crippen molar-refractivity contribution in [1.82, 2.24) is 29.7 Å². The van der Waals surface area contributed by atoms with Crippen LogP contribution in [0, 0.1) is 19.8 Å². The molecule has 0 unspecified atom stereocenters. The first-order chi connectivity index (χ1) is 15.2. The number of aromatic nitrogens is 6. The normalized spacial score (nSPS) is 17.2. The fourth-order valence-corrected chi connectivity index (χ4v) is 3.42. The Hall–Kier alpha value is -3.02. The summed E-state index contributed by atoms with van der Waals surface area (Å²) in [5.74, 6) is -0.449. The summed E-state index contributed by atoms with van der Waals surface area (Å²) in [7, 11) is 1.89. The number of anilines is 2. The minimum atomic E-state index is -4.19. The zero-order valence-electron chi connectivity index (χ0n) is 18.2. The van der Waals surface area contributed by atoms with Crippen LogP contribution in [0.2, 0.25) is 0 Å². The third-order valence-electron chi connectivity index (χ3n) is 5.49. The molecule has 3 aromatic rings. The topological polar surface area (TPSA) is 85.1 Å². The SMILES string of the molecule is Cc1nc2nc(N3CCOCC3)nc(N3CC(C(F)(F)F)C3)c2nc1C.Cn1cccn1. The lowest BCUT2D eigenvalue weighted by molar-refractivity contribution is -0.180. The Morgan fingerprint density at radius 2 is 1.66 bits per heavy atom. The van der Waals surface area contributed by atoms with E-state index in [0.29, 0.717) is 49.2 Å². The Labute approximate surface area is 183 Å². The number of halogens is 3. The molecule has 2 aliphatic rings. The molecule has 0 radical (unpaired) electrons. The average Bonchev–Trinajstić information content (AvgIpc) is 3.19. The van der Waals surface area contributed by atoms with Crippen molar-refractivity contribution in [2.24, 2.45) is 13.0 Å². The Morgan fingerprint density at radius 3 is 2.22 bits per heavy atom. The largest absolute Gasteiger partial charge is 0.395 e. The van der Waals surface area contributed by atoms with Crippen LogP contribution in [0.15, 0.2) is 18.5 Å². The molecule has 2 fully saturated rings. The molecule has 0 saturated carbocycles. The van der Waals surface area contributed by atoms with Crippen LogP contribution in [-0.4, -0.2) is 75.3 Å². The molecule has 0 atom stereocenters. The highest BCUT2D eigenvalue weighted by Crippen LogP contribution is 2.37. The number of alkyl halides is 3. The number of morpholine rings is 1. The summed E-state index contributed by atoms with van der Waals surface area (Å²) in [6, 6.07) is 1.89. The molecule has 3 aromatic heterocycles. The van der Waals surface area contributed by atoms with Gasteiger partial charge in [0.1, 0.15) is 0 Å². The molecule has 172 valence electrons. The standard InChI is InChI=1S/C16H19F3N6O.C4H6N2/c1-9-10(2)21-13-12(20-9)14(25-7-11(8-25)16(17,18)19)23-15(22-13)24-3-5-26-6-4-24;1-6-4-2-3-5-6/h11H,3-8H2,1-2H3;2-4H,1H3. The highest BCUT2D eigenvalue weighted by Gasteiger charge is 2.48. The highest BCUT2D eigenvalue weighted by molar-refractivity contribution is 5.85. The zero-order chi connectivity index (χ0) is 22.9. The van der Waals surface area contributed by atoms with Crippen molar-refractivity contribution in [3.63, 3.8) is 0 Å². The van der Waals surface area contributed by atoms with Gasteiger partial charge >= 0.3 is 6.18 Å². The minimum absolute atomic E-state index is 0.118. The van der Waals surface area contributed by atoms with Crippen molar-refractivity contribution in [2.75, 3.05) is 49.2 Å². The van der Waals surface area contributed by atoms with Crippen molar-refractivity contribution in [3.05, 3.63) is 29.8 Å². The second-order valence-electron chi connectivity index (χ2n) is 7.84. The van der Waals surface area contributed by atoms with E-state index in [4.69, 9.17) is 4.74 Å². The first-order valence-corrected chi connectivity index (χ1v) is 10.3. The lowest BCUT2D eigenvalue weighted by Gasteiger charge is -2.41. The monoisotopic (exact) mass is 450 g/mol. The third kappa shape index (κ3) is 4.74. The van der Waals surface area contributed by atoms with E-state index in [2.05, 4.69) is 25.0 Å². The molecular weight excluding hydrogens is 425 g/mol. The molecule has 0 N–H and O–H groups in total. The van der Waals surface area contributed by atoms with Gasteiger partial charge in [-0.15, -0.1) is 0 Å². The maximum atomic E-state index is 12.9. The second-order valence-corrected chi connectivity index (χ2v) is 7.84. The molecule has 0 amide bonds. The van der Waals surface area contributed by atoms with Crippen molar-refractivity contribution < 1.29 is 17.9 Å². The first-order valence-electron chi connectivity index (χ1n) is 10.3. The molecule has 2 aliphatic heterocycles. The van der Waals surface area contributed by atoms with Gasteiger partial charge in [-0.2, -0.15) is 28.2 Å². The molecule has 9 nitrogen and oxygen atoms in total. The van der Waals surface area contributed by atoms with E-state index in [9.17, 15) is 13.2 Å². The fourth-order valence-electron chi connectivity index (χ4n) is 3.42. The van der Waals surface area contributed by atoms with E-state index in [1.54, 1.807) is 15.8 Å². The van der Waals surface area contributed by atoms with Crippen molar-refractivity contribution in [1.29, 1.82) is 0 Å². The van der Waals surface area contributed by atoms with Gasteiger partial charge in [0.2, 0.25) is 5.95 Å². The average molecular weight is 450 g/mol. The van der Waals surface area contributed by atoms with Crippen LogP contribution < -0.4 is 9.80 Å². The van der Waals surface area contributed by atoms with Crippen LogP contribution in [0.1, 0.15) is 11.4 Å². The first kappa shape index (κ1) is 22.2. The van der Waals surface area contributed by atoms with Crippen LogP contribution in [0.25, 0.3) is 11.2 Å². The van der Waals surface area contributed by atoms with Crippen molar-refractivity contribution in [3.8, 4) is 0 Å². The molecule has 32 heavy (non-hydrogen) atoms. The molecule has 0 spiro atoms. The van der Waals surface area contributed by atoms with Gasteiger partial charge in [0, 0.05) is 45.6 Å². The molecule has 12 heteroatoms. The lowest BCUT2D eigenvalue weighted by Crippen LogP contribution is -2.54. The number of rotatable bonds is 2. The fraction of sp³-hybridized carbons (Fsp3) is 0.550. The molecular formula is C20H25F3N8O. The molecule has 5 heterocycles. The molecule has 5 rings (SSSR count). The zero-order valence-corrected chi connectivity index (χ0v) is 18.2. The Kier molecular flexibility index (Phi) is 6.13. The van der Waals surface area contributed by atoms with Crippen LogP contribution in [-0.2, 0) is 11.8 Å². The van der Waals surface area contributed by atoms with Crippen LogP contribution in [0.5, 0.6) is 0 Å². The van der Waals surface area contributed by atoms with Gasteiger partial charge in [-0.1, -0.05) is 0 Å². The maximum Gasteiger partial charge on any atom is 0.395 e. The number of fused-ring (bicyclic) bond motifs is 1. The quantitative estimate of drug-likeness (QED) is 0.588. The number of ether oxygens (including phenoxy) is 1. The smallest absolute Gasteiger partial charge is 0.378 e. The van der Waals surface area contributed by atoms with Gasteiger partial charge < -0.3 is 14.5 Å². The summed E-state index contributed by atoms with van der Waals surface area (Å²) in [4.78, 5) is 21.6. The summed E-state index contributed by atoms with van der Waals surface area (Å²) in [6.07, 6.45) is -0.551. The lowest BCUT2D eigenvalue weighted by atomic mass is 10.00. The summed E-state index contributed by atoms with van der Waals surface area (Å²) < 4.78 is 45.7. The number of nitrogens with zero attached hydrogens (tertiary/aromatic N) is 8. The van der Waals surface area contributed by atoms with Crippen LogP contribution in [0.3, 0.4) is 0 Å². The number of aryl methyl sites for hydroxylation is 3. The summed E-state index contributed by atoms with van der Waals surface area (Å²) in [6.45, 7) is 5.81. The van der Waals surface area contributed by atoms with Crippen LogP contribution in [0.4, 0.5) is 24.9 Å². The van der Waals surface area contributed by atoms with Gasteiger partial charge in [0.15, 0.2) is 17.0 Å². The molecule has 0 aromatic carbocycles. The summed E-state index contributed by atoms with van der Waals surface area (Å²) in [5, 5.41) is 3.83. The number of hydrogen-bond donors (Lipinski definition) is 0. The summed E-state index contributed by atoms with van der Waals surface area (Å²) in [5.41, 5.74) is 2.32. The van der Waals surface area contributed by atoms with Gasteiger partial charge in [-0.05, 0) is 19.9 Å². The molecule has 0 aliphatic carbocycles. The van der Waals surface area contributed by atoms with E-state index in [0.717, 1.165) is 11.4 Å². The van der Waals surface area contributed by atoms with E-state index in [-0.39, 0.29) is 13.1 Å². The predicted octanol–water partition coefficient (Wildman–Crippen LogP) is 2.29. The molecule has 0 bridgehead atoms. The highest BCUT2D eigenvalue weighted by atomic mass is 19.4.